The van der Waals surface area contributed by atoms with E-state index in [0.29, 0.717) is 5.89 Å². The third kappa shape index (κ3) is 2.53. The predicted molar refractivity (Wildman–Crippen MR) is 53.3 cm³/mol. The van der Waals surface area contributed by atoms with Crippen molar-refractivity contribution in [2.75, 3.05) is 11.9 Å². The molecule has 6 heteroatoms. The third-order valence-electron chi connectivity index (χ3n) is 2.38. The molecule has 0 radical (unpaired) electrons. The maximum Gasteiger partial charge on any atom is 0.322 e. The lowest BCUT2D eigenvalue weighted by molar-refractivity contribution is -0.118. The van der Waals surface area contributed by atoms with Crippen molar-refractivity contribution < 1.29 is 9.21 Å². The largest absolute Gasteiger partial charge is 0.408 e. The lowest BCUT2D eigenvalue weighted by Crippen LogP contribution is -2.43. The fourth-order valence-electron chi connectivity index (χ4n) is 1.62. The number of nitrogens with one attached hydrogen (secondary N) is 2. The van der Waals surface area contributed by atoms with Crippen LogP contribution in [0.15, 0.2) is 4.42 Å². The molecule has 0 unspecified atom stereocenters. The van der Waals surface area contributed by atoms with E-state index in [1.54, 1.807) is 6.92 Å². The molecular weight excluding hydrogens is 196 g/mol. The number of nitrogens with zero attached hydrogens (tertiary/aromatic N) is 2. The Hall–Kier alpha value is -1.43. The summed E-state index contributed by atoms with van der Waals surface area (Å²) in [5, 5.41) is 13.1. The highest BCUT2D eigenvalue weighted by atomic mass is 16.4. The van der Waals surface area contributed by atoms with Crippen molar-refractivity contribution in [1.82, 2.24) is 15.5 Å². The molecule has 15 heavy (non-hydrogen) atoms. The molecule has 1 aromatic rings. The Morgan fingerprint density at radius 3 is 3.00 bits per heavy atom. The number of carbonyl (C=O) groups excluding carboxylic acids is 1. The fourth-order valence-corrected chi connectivity index (χ4v) is 1.62. The van der Waals surface area contributed by atoms with Crippen LogP contribution in [-0.4, -0.2) is 28.7 Å². The SMILES string of the molecule is Cc1nnc(NC(=O)[C@H]2CCCCN2)o1. The highest BCUT2D eigenvalue weighted by Crippen LogP contribution is 2.10. The zero-order valence-corrected chi connectivity index (χ0v) is 8.62. The van der Waals surface area contributed by atoms with Crippen LogP contribution in [0.5, 0.6) is 0 Å². The molecule has 1 saturated heterocycles. The number of amides is 1. The van der Waals surface area contributed by atoms with Gasteiger partial charge in [0.2, 0.25) is 11.8 Å². The molecule has 1 atom stereocenters. The topological polar surface area (TPSA) is 80.0 Å². The second-order valence-corrected chi connectivity index (χ2v) is 3.62. The fraction of sp³-hybridized carbons (Fsp3) is 0.667. The zero-order valence-electron chi connectivity index (χ0n) is 8.62. The second kappa shape index (κ2) is 4.39. The molecule has 6 nitrogen and oxygen atoms in total. The molecule has 0 aliphatic carbocycles. The van der Waals surface area contributed by atoms with Gasteiger partial charge in [0.15, 0.2) is 0 Å². The van der Waals surface area contributed by atoms with Crippen LogP contribution in [0, 0.1) is 6.92 Å². The number of carbonyl (C=O) groups is 1. The van der Waals surface area contributed by atoms with E-state index in [4.69, 9.17) is 4.42 Å². The number of aryl methyl sites for hydroxylation is 1. The minimum absolute atomic E-state index is 0.0987. The summed E-state index contributed by atoms with van der Waals surface area (Å²) in [6.07, 6.45) is 3.07. The normalized spacial score (nSPS) is 21.3. The number of hydrogen-bond acceptors (Lipinski definition) is 5. The van der Waals surface area contributed by atoms with E-state index in [1.807, 2.05) is 0 Å². The highest BCUT2D eigenvalue weighted by Gasteiger charge is 2.21. The summed E-state index contributed by atoms with van der Waals surface area (Å²) in [6.45, 7) is 2.57. The summed E-state index contributed by atoms with van der Waals surface area (Å²) < 4.78 is 5.06. The summed E-state index contributed by atoms with van der Waals surface area (Å²) in [5.41, 5.74) is 0. The first-order chi connectivity index (χ1) is 7.25. The highest BCUT2D eigenvalue weighted by molar-refractivity contribution is 5.93. The van der Waals surface area contributed by atoms with Gasteiger partial charge in [-0.15, -0.1) is 5.10 Å². The quantitative estimate of drug-likeness (QED) is 0.741. The van der Waals surface area contributed by atoms with Gasteiger partial charge in [-0.2, -0.15) is 0 Å². The molecular formula is C9H14N4O2. The molecule has 2 N–H and O–H groups in total. The van der Waals surface area contributed by atoms with Crippen molar-refractivity contribution in [2.45, 2.75) is 32.2 Å². The lowest BCUT2D eigenvalue weighted by Gasteiger charge is -2.21. The van der Waals surface area contributed by atoms with Gasteiger partial charge in [-0.25, -0.2) is 0 Å². The van der Waals surface area contributed by atoms with E-state index >= 15 is 0 Å². The van der Waals surface area contributed by atoms with Crippen molar-refractivity contribution in [1.29, 1.82) is 0 Å². The number of rotatable bonds is 2. The van der Waals surface area contributed by atoms with Gasteiger partial charge in [-0.05, 0) is 19.4 Å². The zero-order chi connectivity index (χ0) is 10.7. The van der Waals surface area contributed by atoms with E-state index in [-0.39, 0.29) is 18.0 Å². The minimum atomic E-state index is -0.133. The van der Waals surface area contributed by atoms with Gasteiger partial charge in [-0.1, -0.05) is 11.5 Å². The van der Waals surface area contributed by atoms with Crippen LogP contribution in [0.3, 0.4) is 0 Å². The van der Waals surface area contributed by atoms with E-state index < -0.39 is 0 Å². The minimum Gasteiger partial charge on any atom is -0.408 e. The van der Waals surface area contributed by atoms with Crippen LogP contribution in [0.25, 0.3) is 0 Å². The maximum absolute atomic E-state index is 11.7. The summed E-state index contributed by atoms with van der Waals surface area (Å²) in [6, 6.07) is 0.0378. The molecule has 1 aliphatic rings. The molecule has 1 aliphatic heterocycles. The first kappa shape index (κ1) is 10.1. The number of aromatic nitrogens is 2. The smallest absolute Gasteiger partial charge is 0.322 e. The van der Waals surface area contributed by atoms with Gasteiger partial charge in [0.25, 0.3) is 0 Å². The molecule has 0 aromatic carbocycles. The van der Waals surface area contributed by atoms with Crippen LogP contribution in [0.1, 0.15) is 25.2 Å². The molecule has 0 spiro atoms. The molecule has 1 fully saturated rings. The van der Waals surface area contributed by atoms with Crippen molar-refractivity contribution in [3.63, 3.8) is 0 Å². The molecule has 1 amide bonds. The number of anilines is 1. The Morgan fingerprint density at radius 1 is 1.53 bits per heavy atom. The summed E-state index contributed by atoms with van der Waals surface area (Å²) in [5.74, 6) is 0.347. The second-order valence-electron chi connectivity index (χ2n) is 3.62. The van der Waals surface area contributed by atoms with Crippen LogP contribution in [0.2, 0.25) is 0 Å². The number of piperidine rings is 1. The van der Waals surface area contributed by atoms with E-state index in [9.17, 15) is 4.79 Å². The Labute approximate surface area is 87.4 Å². The van der Waals surface area contributed by atoms with Crippen LogP contribution < -0.4 is 10.6 Å². The molecule has 1 aromatic heterocycles. The summed E-state index contributed by atoms with van der Waals surface area (Å²) in [4.78, 5) is 11.7. The van der Waals surface area contributed by atoms with Crippen molar-refractivity contribution in [3.05, 3.63) is 5.89 Å². The van der Waals surface area contributed by atoms with Crippen molar-refractivity contribution >= 4 is 11.9 Å². The van der Waals surface area contributed by atoms with E-state index in [0.717, 1.165) is 25.8 Å². The third-order valence-corrected chi connectivity index (χ3v) is 2.38. The summed E-state index contributed by atoms with van der Waals surface area (Å²) in [7, 11) is 0. The Morgan fingerprint density at radius 2 is 2.40 bits per heavy atom. The van der Waals surface area contributed by atoms with Gasteiger partial charge in [0.1, 0.15) is 0 Å². The molecule has 2 heterocycles. The van der Waals surface area contributed by atoms with Gasteiger partial charge >= 0.3 is 6.01 Å². The Kier molecular flexibility index (Phi) is 2.96. The van der Waals surface area contributed by atoms with Gasteiger partial charge in [0, 0.05) is 6.92 Å². The first-order valence-electron chi connectivity index (χ1n) is 5.10. The summed E-state index contributed by atoms with van der Waals surface area (Å²) >= 11 is 0. The van der Waals surface area contributed by atoms with Crippen LogP contribution >= 0.6 is 0 Å². The monoisotopic (exact) mass is 210 g/mol. The standard InChI is InChI=1S/C9H14N4O2/c1-6-12-13-9(15-6)11-8(14)7-4-2-3-5-10-7/h7,10H,2-5H2,1H3,(H,11,13,14)/t7-/m1/s1. The molecule has 0 saturated carbocycles. The van der Waals surface area contributed by atoms with Gasteiger partial charge < -0.3 is 9.73 Å². The van der Waals surface area contributed by atoms with Gasteiger partial charge in [0.05, 0.1) is 6.04 Å². The van der Waals surface area contributed by atoms with E-state index in [2.05, 4.69) is 20.8 Å². The average Bonchev–Trinajstić information content (AvgIpc) is 2.65. The lowest BCUT2D eigenvalue weighted by atomic mass is 10.0. The first-order valence-corrected chi connectivity index (χ1v) is 5.10. The molecule has 0 bridgehead atoms. The van der Waals surface area contributed by atoms with Crippen LogP contribution in [0.4, 0.5) is 6.01 Å². The van der Waals surface area contributed by atoms with Gasteiger partial charge in [-0.3, -0.25) is 10.1 Å². The van der Waals surface area contributed by atoms with Crippen molar-refractivity contribution in [3.8, 4) is 0 Å². The molecule has 2 rings (SSSR count). The van der Waals surface area contributed by atoms with Crippen molar-refractivity contribution in [2.24, 2.45) is 0 Å². The maximum atomic E-state index is 11.7. The average molecular weight is 210 g/mol. The molecule has 82 valence electrons. The Bertz CT molecular complexity index is 344. The van der Waals surface area contributed by atoms with Crippen LogP contribution in [-0.2, 0) is 4.79 Å². The van der Waals surface area contributed by atoms with E-state index in [1.165, 1.54) is 0 Å². The Balaban J connectivity index is 1.91. The number of hydrogen-bond donors (Lipinski definition) is 2. The predicted octanol–water partition coefficient (Wildman–Crippen LogP) is 0.459.